The first-order chi connectivity index (χ1) is 7.17. The van der Waals surface area contributed by atoms with Crippen LogP contribution in [0, 0.1) is 18.3 Å². The molecule has 3 nitrogen and oxygen atoms in total. The fraction of sp³-hybridized carbons (Fsp3) is 0.273. The zero-order chi connectivity index (χ0) is 11.0. The molecule has 1 aromatic rings. The Morgan fingerprint density at radius 1 is 1.67 bits per heavy atom. The van der Waals surface area contributed by atoms with Crippen LogP contribution < -0.4 is 0 Å². The van der Waals surface area contributed by atoms with Crippen LogP contribution in [0.2, 0.25) is 0 Å². The van der Waals surface area contributed by atoms with Crippen LogP contribution >= 0.6 is 11.3 Å². The third kappa shape index (κ3) is 1.45. The van der Waals surface area contributed by atoms with Crippen molar-refractivity contribution in [3.63, 3.8) is 0 Å². The molecular formula is C11H10N2OS. The maximum absolute atomic E-state index is 11.4. The minimum absolute atomic E-state index is 0.0451. The summed E-state index contributed by atoms with van der Waals surface area (Å²) in [6.45, 7) is 6.64. The maximum atomic E-state index is 11.4. The average molecular weight is 218 g/mol. The summed E-state index contributed by atoms with van der Waals surface area (Å²) in [5.74, 6) is -0.0451. The highest BCUT2D eigenvalue weighted by Crippen LogP contribution is 2.34. The number of nitrogens with zero attached hydrogens (tertiary/aromatic N) is 2. The van der Waals surface area contributed by atoms with E-state index in [-0.39, 0.29) is 5.91 Å². The van der Waals surface area contributed by atoms with E-state index < -0.39 is 0 Å². The Labute approximate surface area is 92.2 Å². The van der Waals surface area contributed by atoms with Gasteiger partial charge in [0.15, 0.2) is 0 Å². The Kier molecular flexibility index (Phi) is 2.33. The highest BCUT2D eigenvalue weighted by Gasteiger charge is 2.26. The second kappa shape index (κ2) is 3.52. The first-order valence-corrected chi connectivity index (χ1v) is 5.41. The highest BCUT2D eigenvalue weighted by molar-refractivity contribution is 7.12. The van der Waals surface area contributed by atoms with Gasteiger partial charge in [-0.25, -0.2) is 0 Å². The summed E-state index contributed by atoms with van der Waals surface area (Å²) >= 11 is 1.49. The molecule has 0 unspecified atom stereocenters. The van der Waals surface area contributed by atoms with Crippen LogP contribution in [0.25, 0.3) is 0 Å². The topological polar surface area (TPSA) is 44.1 Å². The molecule has 76 valence electrons. The molecule has 1 aromatic heterocycles. The van der Waals surface area contributed by atoms with Crippen LogP contribution in [0.3, 0.4) is 0 Å². The lowest BCUT2D eigenvalue weighted by atomic mass is 10.1. The number of hydrogen-bond donors (Lipinski definition) is 0. The van der Waals surface area contributed by atoms with E-state index in [1.165, 1.54) is 17.4 Å². The van der Waals surface area contributed by atoms with E-state index in [2.05, 4.69) is 12.6 Å². The van der Waals surface area contributed by atoms with Gasteiger partial charge in [0.05, 0.1) is 6.54 Å². The zero-order valence-electron chi connectivity index (χ0n) is 8.41. The molecular weight excluding hydrogens is 208 g/mol. The fourth-order valence-electron chi connectivity index (χ4n) is 1.75. The first kappa shape index (κ1) is 9.94. The molecule has 4 heteroatoms. The summed E-state index contributed by atoms with van der Waals surface area (Å²) < 4.78 is 0. The Morgan fingerprint density at radius 3 is 2.93 bits per heavy atom. The third-order valence-electron chi connectivity index (χ3n) is 2.63. The van der Waals surface area contributed by atoms with Crippen molar-refractivity contribution in [3.05, 3.63) is 33.5 Å². The molecule has 0 fully saturated rings. The Bertz CT molecular complexity index is 482. The number of hydrogen-bond acceptors (Lipinski definition) is 3. The highest BCUT2D eigenvalue weighted by atomic mass is 32.1. The van der Waals surface area contributed by atoms with Gasteiger partial charge in [0.1, 0.15) is 10.9 Å². The zero-order valence-corrected chi connectivity index (χ0v) is 9.23. The number of fused-ring (bicyclic) bond motifs is 1. The molecule has 0 atom stereocenters. The summed E-state index contributed by atoms with van der Waals surface area (Å²) in [5.41, 5.74) is 2.17. The fourth-order valence-corrected chi connectivity index (χ4v) is 2.88. The minimum Gasteiger partial charge on any atom is -0.330 e. The molecule has 1 aliphatic rings. The smallest absolute Gasteiger partial charge is 0.246 e. The van der Waals surface area contributed by atoms with Crippen LogP contribution in [-0.4, -0.2) is 10.8 Å². The maximum Gasteiger partial charge on any atom is 0.246 e. The summed E-state index contributed by atoms with van der Waals surface area (Å²) in [6.07, 6.45) is 1.33. The molecule has 0 N–H and O–H groups in total. The Balaban J connectivity index is 2.31. The van der Waals surface area contributed by atoms with Crippen LogP contribution in [-0.2, 0) is 17.9 Å². The number of carbonyl (C=O) groups excluding carboxylic acids is 1. The third-order valence-corrected chi connectivity index (χ3v) is 3.85. The van der Waals surface area contributed by atoms with Gasteiger partial charge in [0.2, 0.25) is 5.91 Å². The molecule has 0 saturated carbocycles. The predicted octanol–water partition coefficient (Wildman–Crippen LogP) is 1.96. The van der Waals surface area contributed by atoms with Crippen molar-refractivity contribution in [1.82, 2.24) is 4.90 Å². The lowest BCUT2D eigenvalue weighted by molar-refractivity contribution is -0.126. The van der Waals surface area contributed by atoms with Crippen LogP contribution in [0.1, 0.15) is 20.9 Å². The van der Waals surface area contributed by atoms with Gasteiger partial charge in [0, 0.05) is 11.4 Å². The van der Waals surface area contributed by atoms with Crippen molar-refractivity contribution in [2.75, 3.05) is 0 Å². The number of thiophene rings is 1. The average Bonchev–Trinajstić information content (AvgIpc) is 2.77. The standard InChI is InChI=1S/C11H10N2OS/c1-3-11(14)13-5-8-7(2)9(4-12)15-10(8)6-13/h3H,1,5-6H2,2H3. The van der Waals surface area contributed by atoms with E-state index in [1.54, 1.807) is 4.90 Å². The van der Waals surface area contributed by atoms with Gasteiger partial charge in [-0.1, -0.05) is 6.58 Å². The van der Waals surface area contributed by atoms with Gasteiger partial charge in [-0.2, -0.15) is 5.26 Å². The summed E-state index contributed by atoms with van der Waals surface area (Å²) in [7, 11) is 0. The van der Waals surface area contributed by atoms with Gasteiger partial charge in [0.25, 0.3) is 0 Å². The number of rotatable bonds is 1. The minimum atomic E-state index is -0.0451. The van der Waals surface area contributed by atoms with Crippen molar-refractivity contribution in [2.45, 2.75) is 20.0 Å². The largest absolute Gasteiger partial charge is 0.330 e. The van der Waals surface area contributed by atoms with E-state index in [4.69, 9.17) is 5.26 Å². The number of carbonyl (C=O) groups is 1. The quantitative estimate of drug-likeness (QED) is 0.676. The van der Waals surface area contributed by atoms with Crippen molar-refractivity contribution < 1.29 is 4.79 Å². The molecule has 0 aliphatic carbocycles. The first-order valence-electron chi connectivity index (χ1n) is 4.60. The molecule has 2 rings (SSSR count). The van der Waals surface area contributed by atoms with Gasteiger partial charge >= 0.3 is 0 Å². The van der Waals surface area contributed by atoms with Gasteiger partial charge in [-0.05, 0) is 24.1 Å². The molecule has 0 saturated heterocycles. The van der Waals surface area contributed by atoms with E-state index >= 15 is 0 Å². The SMILES string of the molecule is C=CC(=O)N1Cc2sc(C#N)c(C)c2C1. The Morgan fingerprint density at radius 2 is 2.40 bits per heavy atom. The number of nitriles is 1. The number of amides is 1. The normalized spacial score (nSPS) is 13.5. The van der Waals surface area contributed by atoms with Gasteiger partial charge < -0.3 is 4.90 Å². The molecule has 0 radical (unpaired) electrons. The molecule has 2 heterocycles. The summed E-state index contributed by atoms with van der Waals surface area (Å²) in [6, 6.07) is 2.18. The molecule has 15 heavy (non-hydrogen) atoms. The summed E-state index contributed by atoms with van der Waals surface area (Å²) in [4.78, 5) is 15.0. The van der Waals surface area contributed by atoms with Crippen molar-refractivity contribution in [2.24, 2.45) is 0 Å². The summed E-state index contributed by atoms with van der Waals surface area (Å²) in [5, 5.41) is 8.86. The van der Waals surface area contributed by atoms with Gasteiger partial charge in [-0.3, -0.25) is 4.79 Å². The van der Waals surface area contributed by atoms with E-state index in [1.807, 2.05) is 6.92 Å². The van der Waals surface area contributed by atoms with Gasteiger partial charge in [-0.15, -0.1) is 11.3 Å². The molecule has 0 spiro atoms. The lowest BCUT2D eigenvalue weighted by Crippen LogP contribution is -2.22. The van der Waals surface area contributed by atoms with Crippen molar-refractivity contribution in [1.29, 1.82) is 5.26 Å². The molecule has 0 bridgehead atoms. The lowest BCUT2D eigenvalue weighted by Gasteiger charge is -2.12. The predicted molar refractivity (Wildman–Crippen MR) is 58.2 cm³/mol. The van der Waals surface area contributed by atoms with Crippen LogP contribution in [0.15, 0.2) is 12.7 Å². The molecule has 1 amide bonds. The second-order valence-electron chi connectivity index (χ2n) is 3.47. The van der Waals surface area contributed by atoms with E-state index in [9.17, 15) is 4.79 Å². The second-order valence-corrected chi connectivity index (χ2v) is 4.57. The Hall–Kier alpha value is -1.60. The van der Waals surface area contributed by atoms with E-state index in [0.717, 1.165) is 20.9 Å². The molecule has 0 aromatic carbocycles. The van der Waals surface area contributed by atoms with Crippen LogP contribution in [0.5, 0.6) is 0 Å². The molecule has 1 aliphatic heterocycles. The van der Waals surface area contributed by atoms with Crippen molar-refractivity contribution >= 4 is 17.2 Å². The van der Waals surface area contributed by atoms with Crippen molar-refractivity contribution in [3.8, 4) is 6.07 Å². The van der Waals surface area contributed by atoms with Crippen LogP contribution in [0.4, 0.5) is 0 Å². The van der Waals surface area contributed by atoms with E-state index in [0.29, 0.717) is 13.1 Å². The monoisotopic (exact) mass is 218 g/mol.